The molecule has 3 nitrogen and oxygen atoms in total. The number of nitrogens with one attached hydrogen (secondary N) is 1. The average Bonchev–Trinajstić information content (AvgIpc) is 2.63. The molecule has 5 heteroatoms. The lowest BCUT2D eigenvalue weighted by molar-refractivity contribution is 0.449. The van der Waals surface area contributed by atoms with Crippen LogP contribution in [0.2, 0.25) is 0 Å². The molecule has 0 aliphatic carbocycles. The Balaban J connectivity index is 2.25. The second kappa shape index (κ2) is 4.53. The topological polar surface area (TPSA) is 48.9 Å². The van der Waals surface area contributed by atoms with Gasteiger partial charge in [-0.2, -0.15) is 4.98 Å². The van der Waals surface area contributed by atoms with E-state index in [2.05, 4.69) is 9.97 Å². The van der Waals surface area contributed by atoms with Gasteiger partial charge in [-0.1, -0.05) is 13.0 Å². The summed E-state index contributed by atoms with van der Waals surface area (Å²) in [6, 6.07) is 3.40. The molecule has 17 heavy (non-hydrogen) atoms. The van der Waals surface area contributed by atoms with Crippen LogP contribution in [0.1, 0.15) is 24.0 Å². The van der Waals surface area contributed by atoms with Crippen molar-refractivity contribution in [2.24, 2.45) is 0 Å². The SMILES string of the molecule is CCc1[nH]c(Cc2ccc(F)cc2F)nc1O. The number of imidazole rings is 1. The lowest BCUT2D eigenvalue weighted by atomic mass is 10.1. The molecule has 0 amide bonds. The van der Waals surface area contributed by atoms with Crippen LogP contribution in [0.5, 0.6) is 5.88 Å². The number of halogens is 2. The van der Waals surface area contributed by atoms with E-state index < -0.39 is 11.6 Å². The Hall–Kier alpha value is -1.91. The third kappa shape index (κ3) is 2.43. The number of benzene rings is 1. The number of aromatic hydroxyl groups is 1. The number of H-pyrrole nitrogens is 1. The van der Waals surface area contributed by atoms with Gasteiger partial charge < -0.3 is 10.1 Å². The monoisotopic (exact) mass is 238 g/mol. The molecule has 1 heterocycles. The molecular weight excluding hydrogens is 226 g/mol. The van der Waals surface area contributed by atoms with Crippen LogP contribution in [0.3, 0.4) is 0 Å². The zero-order chi connectivity index (χ0) is 12.4. The molecule has 0 bridgehead atoms. The number of rotatable bonds is 3. The first kappa shape index (κ1) is 11.6. The summed E-state index contributed by atoms with van der Waals surface area (Å²) < 4.78 is 26.1. The van der Waals surface area contributed by atoms with Gasteiger partial charge in [0.25, 0.3) is 0 Å². The largest absolute Gasteiger partial charge is 0.492 e. The summed E-state index contributed by atoms with van der Waals surface area (Å²) in [7, 11) is 0. The molecule has 0 radical (unpaired) electrons. The van der Waals surface area contributed by atoms with Gasteiger partial charge in [-0.15, -0.1) is 0 Å². The van der Waals surface area contributed by atoms with E-state index in [0.717, 1.165) is 6.07 Å². The van der Waals surface area contributed by atoms with E-state index in [4.69, 9.17) is 0 Å². The van der Waals surface area contributed by atoms with Crippen LogP contribution in [0.4, 0.5) is 8.78 Å². The predicted molar refractivity (Wildman–Crippen MR) is 58.8 cm³/mol. The molecule has 0 saturated heterocycles. The standard InChI is InChI=1S/C12H12F2N2O/c1-2-10-12(17)16-11(15-10)5-7-3-4-8(13)6-9(7)14/h3-4,6,17H,2,5H2,1H3,(H,15,16). The van der Waals surface area contributed by atoms with Crippen molar-refractivity contribution in [1.29, 1.82) is 0 Å². The molecule has 2 rings (SSSR count). The van der Waals surface area contributed by atoms with Gasteiger partial charge in [0.15, 0.2) is 0 Å². The van der Waals surface area contributed by atoms with E-state index in [0.29, 0.717) is 23.5 Å². The van der Waals surface area contributed by atoms with E-state index in [1.165, 1.54) is 12.1 Å². The van der Waals surface area contributed by atoms with Crippen LogP contribution in [0, 0.1) is 11.6 Å². The maximum absolute atomic E-state index is 13.4. The summed E-state index contributed by atoms with van der Waals surface area (Å²) in [5.41, 5.74) is 0.949. The Morgan fingerprint density at radius 1 is 1.35 bits per heavy atom. The van der Waals surface area contributed by atoms with E-state index in [-0.39, 0.29) is 12.3 Å². The second-order valence-electron chi connectivity index (χ2n) is 3.75. The molecular formula is C12H12F2N2O. The maximum atomic E-state index is 13.4. The third-order valence-corrected chi connectivity index (χ3v) is 2.53. The lowest BCUT2D eigenvalue weighted by Gasteiger charge is -2.00. The van der Waals surface area contributed by atoms with Gasteiger partial charge in [-0.3, -0.25) is 0 Å². The van der Waals surface area contributed by atoms with Crippen molar-refractivity contribution in [3.8, 4) is 5.88 Å². The first-order valence-electron chi connectivity index (χ1n) is 5.30. The fourth-order valence-electron chi connectivity index (χ4n) is 1.63. The van der Waals surface area contributed by atoms with E-state index in [9.17, 15) is 13.9 Å². The predicted octanol–water partition coefficient (Wildman–Crippen LogP) is 2.55. The summed E-state index contributed by atoms with van der Waals surface area (Å²) in [6.45, 7) is 1.87. The quantitative estimate of drug-likeness (QED) is 0.863. The van der Waals surface area contributed by atoms with Crippen LogP contribution in [-0.2, 0) is 12.8 Å². The Labute approximate surface area is 97.1 Å². The van der Waals surface area contributed by atoms with Crippen molar-refractivity contribution in [2.45, 2.75) is 19.8 Å². The highest BCUT2D eigenvalue weighted by molar-refractivity contribution is 5.25. The first-order chi connectivity index (χ1) is 8.10. The molecule has 90 valence electrons. The van der Waals surface area contributed by atoms with Gasteiger partial charge in [0.2, 0.25) is 5.88 Å². The van der Waals surface area contributed by atoms with Gasteiger partial charge in [-0.25, -0.2) is 8.78 Å². The molecule has 0 atom stereocenters. The summed E-state index contributed by atoms with van der Waals surface area (Å²) in [5.74, 6) is -0.823. The molecule has 1 aromatic carbocycles. The summed E-state index contributed by atoms with van der Waals surface area (Å²) in [6.07, 6.45) is 0.810. The summed E-state index contributed by atoms with van der Waals surface area (Å²) in [4.78, 5) is 6.78. The van der Waals surface area contributed by atoms with Crippen molar-refractivity contribution in [3.05, 3.63) is 46.9 Å². The van der Waals surface area contributed by atoms with Crippen LogP contribution < -0.4 is 0 Å². The number of aryl methyl sites for hydroxylation is 1. The van der Waals surface area contributed by atoms with E-state index in [1.807, 2.05) is 6.92 Å². The number of hydrogen-bond acceptors (Lipinski definition) is 2. The van der Waals surface area contributed by atoms with E-state index >= 15 is 0 Å². The molecule has 0 aliphatic rings. The third-order valence-electron chi connectivity index (χ3n) is 2.53. The van der Waals surface area contributed by atoms with E-state index in [1.54, 1.807) is 0 Å². The van der Waals surface area contributed by atoms with Crippen molar-refractivity contribution in [1.82, 2.24) is 9.97 Å². The molecule has 0 saturated carbocycles. The average molecular weight is 238 g/mol. The van der Waals surface area contributed by atoms with Crippen LogP contribution in [0.25, 0.3) is 0 Å². The molecule has 2 aromatic rings. The lowest BCUT2D eigenvalue weighted by Crippen LogP contribution is -1.95. The highest BCUT2D eigenvalue weighted by Gasteiger charge is 2.10. The highest BCUT2D eigenvalue weighted by Crippen LogP contribution is 2.18. The first-order valence-corrected chi connectivity index (χ1v) is 5.30. The Morgan fingerprint density at radius 2 is 2.12 bits per heavy atom. The van der Waals surface area contributed by atoms with Crippen molar-refractivity contribution in [3.63, 3.8) is 0 Å². The van der Waals surface area contributed by atoms with Crippen LogP contribution >= 0.6 is 0 Å². The van der Waals surface area contributed by atoms with Gasteiger partial charge in [0.05, 0.1) is 5.69 Å². The minimum absolute atomic E-state index is 0.0648. The molecule has 0 aliphatic heterocycles. The zero-order valence-corrected chi connectivity index (χ0v) is 9.30. The van der Waals surface area contributed by atoms with Crippen LogP contribution in [-0.4, -0.2) is 15.1 Å². The number of aromatic nitrogens is 2. The molecule has 0 fully saturated rings. The fraction of sp³-hybridized carbons (Fsp3) is 0.250. The second-order valence-corrected chi connectivity index (χ2v) is 3.75. The molecule has 0 spiro atoms. The fourth-order valence-corrected chi connectivity index (χ4v) is 1.63. The van der Waals surface area contributed by atoms with Crippen molar-refractivity contribution in [2.75, 3.05) is 0 Å². The molecule has 0 unspecified atom stereocenters. The van der Waals surface area contributed by atoms with Gasteiger partial charge >= 0.3 is 0 Å². The molecule has 1 aromatic heterocycles. The number of aromatic amines is 1. The molecule has 2 N–H and O–H groups in total. The minimum Gasteiger partial charge on any atom is -0.492 e. The van der Waals surface area contributed by atoms with Crippen molar-refractivity contribution < 1.29 is 13.9 Å². The Kier molecular flexibility index (Phi) is 3.08. The summed E-state index contributed by atoms with van der Waals surface area (Å²) >= 11 is 0. The van der Waals surface area contributed by atoms with Gasteiger partial charge in [-0.05, 0) is 18.1 Å². The van der Waals surface area contributed by atoms with Gasteiger partial charge in [0, 0.05) is 12.5 Å². The zero-order valence-electron chi connectivity index (χ0n) is 9.30. The normalized spacial score (nSPS) is 10.8. The van der Waals surface area contributed by atoms with Crippen molar-refractivity contribution >= 4 is 0 Å². The summed E-state index contributed by atoms with van der Waals surface area (Å²) in [5, 5.41) is 9.43. The smallest absolute Gasteiger partial charge is 0.232 e. The van der Waals surface area contributed by atoms with Gasteiger partial charge in [0.1, 0.15) is 17.5 Å². The maximum Gasteiger partial charge on any atom is 0.232 e. The van der Waals surface area contributed by atoms with Crippen LogP contribution in [0.15, 0.2) is 18.2 Å². The number of nitrogens with zero attached hydrogens (tertiary/aromatic N) is 1. The minimum atomic E-state index is -0.612. The highest BCUT2D eigenvalue weighted by atomic mass is 19.1. The Bertz CT molecular complexity index is 537. The Morgan fingerprint density at radius 3 is 2.71 bits per heavy atom. The number of hydrogen-bond donors (Lipinski definition) is 2.